The van der Waals surface area contributed by atoms with E-state index in [1.807, 2.05) is 35.2 Å². The summed E-state index contributed by atoms with van der Waals surface area (Å²) in [6.45, 7) is 5.52. The van der Waals surface area contributed by atoms with Crippen molar-refractivity contribution in [3.63, 3.8) is 0 Å². The number of pyridine rings is 1. The van der Waals surface area contributed by atoms with Gasteiger partial charge in [-0.2, -0.15) is 0 Å². The van der Waals surface area contributed by atoms with Gasteiger partial charge in [0, 0.05) is 24.7 Å². The maximum Gasteiger partial charge on any atom is 0.240 e. The minimum Gasteiger partial charge on any atom is -0.342 e. The van der Waals surface area contributed by atoms with Gasteiger partial charge in [0.05, 0.1) is 11.2 Å². The number of hydrogen-bond acceptors (Lipinski definition) is 3. The Bertz CT molecular complexity index is 772. The molecule has 5 nitrogen and oxygen atoms in total. The molecule has 1 aromatic carbocycles. The average Bonchev–Trinajstić information content (AvgIpc) is 3.43. The van der Waals surface area contributed by atoms with Crippen LogP contribution in [0.5, 0.6) is 0 Å². The Kier molecular flexibility index (Phi) is 5.02. The van der Waals surface area contributed by atoms with Gasteiger partial charge in [0.2, 0.25) is 11.8 Å². The number of fused-ring (bicyclic) bond motifs is 1. The van der Waals surface area contributed by atoms with Gasteiger partial charge in [0.25, 0.3) is 0 Å². The summed E-state index contributed by atoms with van der Waals surface area (Å²) in [5, 5.41) is 3.93. The molecule has 2 aromatic rings. The molecule has 0 saturated heterocycles. The minimum absolute atomic E-state index is 0.0260. The summed E-state index contributed by atoms with van der Waals surface area (Å²) in [5.74, 6) is -0.227. The Labute approximate surface area is 148 Å². The summed E-state index contributed by atoms with van der Waals surface area (Å²) in [7, 11) is 0. The van der Waals surface area contributed by atoms with Gasteiger partial charge in [0.15, 0.2) is 0 Å². The van der Waals surface area contributed by atoms with E-state index in [0.29, 0.717) is 31.6 Å². The largest absolute Gasteiger partial charge is 0.342 e. The van der Waals surface area contributed by atoms with Crippen LogP contribution in [-0.2, 0) is 9.59 Å². The second-order valence-electron chi connectivity index (χ2n) is 6.71. The number of benzene rings is 1. The molecular weight excluding hydrogens is 314 g/mol. The average molecular weight is 339 g/mol. The summed E-state index contributed by atoms with van der Waals surface area (Å²) >= 11 is 0. The number of amides is 2. The van der Waals surface area contributed by atoms with Gasteiger partial charge in [-0.25, -0.2) is 0 Å². The SMILES string of the molecule is CCCN(CCC)C(=O)C1(C(=O)Nc2cccc3cccnc23)CC1. The van der Waals surface area contributed by atoms with Crippen molar-refractivity contribution in [2.45, 2.75) is 39.5 Å². The van der Waals surface area contributed by atoms with Gasteiger partial charge in [-0.3, -0.25) is 14.6 Å². The molecule has 0 aliphatic heterocycles. The summed E-state index contributed by atoms with van der Waals surface area (Å²) in [4.78, 5) is 32.1. The number of aromatic nitrogens is 1. The first kappa shape index (κ1) is 17.4. The molecule has 0 radical (unpaired) electrons. The van der Waals surface area contributed by atoms with Gasteiger partial charge < -0.3 is 10.2 Å². The summed E-state index contributed by atoms with van der Waals surface area (Å²) in [6, 6.07) is 9.51. The van der Waals surface area contributed by atoms with Crippen LogP contribution in [0.25, 0.3) is 10.9 Å². The first-order valence-electron chi connectivity index (χ1n) is 9.07. The molecule has 1 saturated carbocycles. The molecule has 0 spiro atoms. The molecule has 5 heteroatoms. The maximum absolute atomic E-state index is 13.0. The molecule has 1 N–H and O–H groups in total. The van der Waals surface area contributed by atoms with Crippen LogP contribution in [0.2, 0.25) is 0 Å². The van der Waals surface area contributed by atoms with E-state index < -0.39 is 5.41 Å². The third kappa shape index (κ3) is 3.36. The fraction of sp³-hybridized carbons (Fsp3) is 0.450. The van der Waals surface area contributed by atoms with Gasteiger partial charge in [-0.05, 0) is 37.8 Å². The van der Waals surface area contributed by atoms with E-state index in [9.17, 15) is 9.59 Å². The fourth-order valence-electron chi connectivity index (χ4n) is 3.27. The molecule has 1 fully saturated rings. The standard InChI is InChI=1S/C20H25N3O2/c1-3-13-23(14-4-2)19(25)20(10-11-20)18(24)22-16-9-5-7-15-8-6-12-21-17(15)16/h5-9,12H,3-4,10-11,13-14H2,1-2H3,(H,22,24). The van der Waals surface area contributed by atoms with Crippen LogP contribution >= 0.6 is 0 Å². The Morgan fingerprint density at radius 2 is 1.80 bits per heavy atom. The lowest BCUT2D eigenvalue weighted by Crippen LogP contribution is -2.43. The van der Waals surface area contributed by atoms with Gasteiger partial charge in [-0.15, -0.1) is 0 Å². The van der Waals surface area contributed by atoms with E-state index in [1.54, 1.807) is 6.20 Å². The summed E-state index contributed by atoms with van der Waals surface area (Å²) in [6.07, 6.45) is 4.76. The zero-order valence-corrected chi connectivity index (χ0v) is 14.9. The van der Waals surface area contributed by atoms with Crippen molar-refractivity contribution in [1.29, 1.82) is 0 Å². The number of carbonyl (C=O) groups excluding carboxylic acids is 2. The second kappa shape index (κ2) is 7.21. The molecule has 1 aliphatic rings. The van der Waals surface area contributed by atoms with Crippen molar-refractivity contribution < 1.29 is 9.59 Å². The molecule has 1 aliphatic carbocycles. The number of nitrogens with zero attached hydrogens (tertiary/aromatic N) is 2. The van der Waals surface area contributed by atoms with E-state index in [2.05, 4.69) is 24.1 Å². The smallest absolute Gasteiger partial charge is 0.240 e. The summed E-state index contributed by atoms with van der Waals surface area (Å²) < 4.78 is 0. The highest BCUT2D eigenvalue weighted by molar-refractivity contribution is 6.14. The first-order valence-corrected chi connectivity index (χ1v) is 9.07. The predicted molar refractivity (Wildman–Crippen MR) is 99.2 cm³/mol. The van der Waals surface area contributed by atoms with E-state index in [-0.39, 0.29) is 11.8 Å². The van der Waals surface area contributed by atoms with Gasteiger partial charge in [0.1, 0.15) is 5.41 Å². The van der Waals surface area contributed by atoms with Crippen LogP contribution in [0.1, 0.15) is 39.5 Å². The second-order valence-corrected chi connectivity index (χ2v) is 6.71. The molecule has 2 amide bonds. The van der Waals surface area contributed by atoms with Crippen molar-refractivity contribution in [2.75, 3.05) is 18.4 Å². The van der Waals surface area contributed by atoms with Crippen LogP contribution in [-0.4, -0.2) is 34.8 Å². The number of anilines is 1. The third-order valence-electron chi connectivity index (χ3n) is 4.75. The quantitative estimate of drug-likeness (QED) is 0.784. The van der Waals surface area contributed by atoms with Gasteiger partial charge in [-0.1, -0.05) is 32.0 Å². The molecule has 132 valence electrons. The number of nitrogens with one attached hydrogen (secondary N) is 1. The van der Waals surface area contributed by atoms with Crippen molar-refractivity contribution >= 4 is 28.4 Å². The van der Waals surface area contributed by atoms with Gasteiger partial charge >= 0.3 is 0 Å². The lowest BCUT2D eigenvalue weighted by molar-refractivity contribution is -0.142. The molecule has 1 aromatic heterocycles. The zero-order valence-electron chi connectivity index (χ0n) is 14.9. The molecule has 3 rings (SSSR count). The highest BCUT2D eigenvalue weighted by Crippen LogP contribution is 2.48. The topological polar surface area (TPSA) is 62.3 Å². The number of carbonyl (C=O) groups is 2. The molecule has 1 heterocycles. The number of rotatable bonds is 7. The van der Waals surface area contributed by atoms with Crippen molar-refractivity contribution in [2.24, 2.45) is 5.41 Å². The number of hydrogen-bond donors (Lipinski definition) is 1. The van der Waals surface area contributed by atoms with Crippen LogP contribution in [0.15, 0.2) is 36.5 Å². The minimum atomic E-state index is -0.888. The van der Waals surface area contributed by atoms with Crippen molar-refractivity contribution in [1.82, 2.24) is 9.88 Å². The van der Waals surface area contributed by atoms with Crippen molar-refractivity contribution in [3.8, 4) is 0 Å². The molecule has 25 heavy (non-hydrogen) atoms. The van der Waals surface area contributed by atoms with Crippen LogP contribution in [0.3, 0.4) is 0 Å². The van der Waals surface area contributed by atoms with E-state index in [0.717, 1.165) is 23.7 Å². The van der Waals surface area contributed by atoms with Crippen LogP contribution in [0.4, 0.5) is 5.69 Å². The normalized spacial score (nSPS) is 15.0. The first-order chi connectivity index (χ1) is 12.1. The zero-order chi connectivity index (χ0) is 17.9. The Hall–Kier alpha value is -2.43. The predicted octanol–water partition coefficient (Wildman–Crippen LogP) is 3.60. The molecule has 0 unspecified atom stereocenters. The Morgan fingerprint density at radius 3 is 2.44 bits per heavy atom. The molecular formula is C20H25N3O2. The highest BCUT2D eigenvalue weighted by atomic mass is 16.2. The maximum atomic E-state index is 13.0. The summed E-state index contributed by atoms with van der Waals surface area (Å²) in [5.41, 5.74) is 0.529. The van der Waals surface area contributed by atoms with Crippen LogP contribution < -0.4 is 5.32 Å². The third-order valence-corrected chi connectivity index (χ3v) is 4.75. The highest BCUT2D eigenvalue weighted by Gasteiger charge is 2.57. The Balaban J connectivity index is 1.81. The van der Waals surface area contributed by atoms with Crippen LogP contribution in [0, 0.1) is 5.41 Å². The lowest BCUT2D eigenvalue weighted by Gasteiger charge is -2.26. The molecule has 0 atom stereocenters. The fourth-order valence-corrected chi connectivity index (χ4v) is 3.27. The monoisotopic (exact) mass is 339 g/mol. The number of para-hydroxylation sites is 1. The van der Waals surface area contributed by atoms with Crippen molar-refractivity contribution in [3.05, 3.63) is 36.5 Å². The Morgan fingerprint density at radius 1 is 1.12 bits per heavy atom. The lowest BCUT2D eigenvalue weighted by atomic mass is 10.0. The van der Waals surface area contributed by atoms with E-state index in [1.165, 1.54) is 0 Å². The van der Waals surface area contributed by atoms with E-state index >= 15 is 0 Å². The van der Waals surface area contributed by atoms with E-state index in [4.69, 9.17) is 0 Å². The molecule has 0 bridgehead atoms.